The molecule has 0 atom stereocenters. The van der Waals surface area contributed by atoms with E-state index in [-0.39, 0.29) is 0 Å². The van der Waals surface area contributed by atoms with E-state index in [9.17, 15) is 0 Å². The number of hydrogen-bond acceptors (Lipinski definition) is 3. The van der Waals surface area contributed by atoms with Crippen molar-refractivity contribution in [2.45, 2.75) is 0 Å². The number of hydrogen-bond donors (Lipinski definition) is 1. The van der Waals surface area contributed by atoms with Crippen LogP contribution in [0.4, 0.5) is 0 Å². The van der Waals surface area contributed by atoms with Gasteiger partial charge in [-0.15, -0.1) is 0 Å². The van der Waals surface area contributed by atoms with Gasteiger partial charge in [0.05, 0.1) is 16.2 Å². The van der Waals surface area contributed by atoms with E-state index in [1.54, 1.807) is 24.8 Å². The van der Waals surface area contributed by atoms with Gasteiger partial charge >= 0.3 is 0 Å². The van der Waals surface area contributed by atoms with Gasteiger partial charge in [-0.3, -0.25) is 5.10 Å². The first-order valence-electron chi connectivity index (χ1n) is 3.33. The maximum atomic E-state index is 4.10. The van der Waals surface area contributed by atoms with Crippen LogP contribution in [-0.4, -0.2) is 20.2 Å². The molecule has 0 saturated heterocycles. The lowest BCUT2D eigenvalue weighted by Crippen LogP contribution is -1.85. The summed E-state index contributed by atoms with van der Waals surface area (Å²) < 4.78 is 0.870. The number of halogens is 1. The van der Waals surface area contributed by atoms with Gasteiger partial charge in [0.2, 0.25) is 0 Å². The lowest BCUT2D eigenvalue weighted by atomic mass is 10.3. The molecule has 2 aromatic rings. The summed E-state index contributed by atoms with van der Waals surface area (Å²) in [6.07, 6.45) is 6.84. The van der Waals surface area contributed by atoms with Crippen molar-refractivity contribution < 1.29 is 0 Å². The molecule has 2 aromatic heterocycles. The minimum Gasteiger partial charge on any atom is -0.285 e. The monoisotopic (exact) mass is 224 g/mol. The fourth-order valence-corrected chi connectivity index (χ4v) is 1.04. The number of rotatable bonds is 1. The molecule has 0 bridgehead atoms. The zero-order valence-electron chi connectivity index (χ0n) is 6.03. The van der Waals surface area contributed by atoms with Gasteiger partial charge in [0.25, 0.3) is 0 Å². The van der Waals surface area contributed by atoms with E-state index in [2.05, 4.69) is 36.1 Å². The van der Waals surface area contributed by atoms with Crippen molar-refractivity contribution in [3.63, 3.8) is 0 Å². The lowest BCUT2D eigenvalue weighted by molar-refractivity contribution is 1.09. The molecule has 0 fully saturated rings. The van der Waals surface area contributed by atoms with Crippen LogP contribution in [-0.2, 0) is 0 Å². The molecule has 0 unspecified atom stereocenters. The minimum absolute atomic E-state index is 0.673. The molecule has 4 nitrogen and oxygen atoms in total. The predicted molar refractivity (Wildman–Crippen MR) is 47.3 cm³/mol. The Kier molecular flexibility index (Phi) is 1.87. The second-order valence-corrected chi connectivity index (χ2v) is 3.13. The highest BCUT2D eigenvalue weighted by molar-refractivity contribution is 9.10. The second-order valence-electron chi connectivity index (χ2n) is 2.21. The maximum absolute atomic E-state index is 4.10. The Labute approximate surface area is 77.2 Å². The maximum Gasteiger partial charge on any atom is 0.162 e. The highest BCUT2D eigenvalue weighted by atomic mass is 79.9. The zero-order chi connectivity index (χ0) is 8.39. The quantitative estimate of drug-likeness (QED) is 0.802. The molecule has 0 radical (unpaired) electrons. The molecule has 0 saturated carbocycles. The topological polar surface area (TPSA) is 54.5 Å². The summed E-state index contributed by atoms with van der Waals surface area (Å²) in [6, 6.07) is 0. The average molecular weight is 225 g/mol. The normalized spacial score (nSPS) is 10.1. The van der Waals surface area contributed by atoms with Crippen molar-refractivity contribution >= 4 is 15.9 Å². The Balaban J connectivity index is 2.43. The van der Waals surface area contributed by atoms with E-state index in [0.717, 1.165) is 10.0 Å². The molecular weight excluding hydrogens is 220 g/mol. The summed E-state index contributed by atoms with van der Waals surface area (Å²) in [5.74, 6) is 0.673. The van der Waals surface area contributed by atoms with E-state index >= 15 is 0 Å². The number of H-pyrrole nitrogens is 1. The standard InChI is InChI=1S/C7H5BrN4/c8-6-3-9-7(10-4-6)5-1-11-12-2-5/h1-4H,(H,11,12). The van der Waals surface area contributed by atoms with E-state index in [0.29, 0.717) is 5.82 Å². The van der Waals surface area contributed by atoms with Gasteiger partial charge in [-0.05, 0) is 15.9 Å². The molecule has 0 aromatic carbocycles. The zero-order valence-corrected chi connectivity index (χ0v) is 7.62. The summed E-state index contributed by atoms with van der Waals surface area (Å²) in [5.41, 5.74) is 0.891. The summed E-state index contributed by atoms with van der Waals surface area (Å²) >= 11 is 3.26. The molecule has 2 heterocycles. The second kappa shape index (κ2) is 3.02. The summed E-state index contributed by atoms with van der Waals surface area (Å²) in [5, 5.41) is 6.51. The van der Waals surface area contributed by atoms with Crippen molar-refractivity contribution in [3.8, 4) is 11.4 Å². The Morgan fingerprint density at radius 1 is 1.17 bits per heavy atom. The number of nitrogens with one attached hydrogen (secondary N) is 1. The number of aromatic nitrogens is 4. The molecule has 12 heavy (non-hydrogen) atoms. The van der Waals surface area contributed by atoms with Crippen molar-refractivity contribution in [3.05, 3.63) is 29.3 Å². The van der Waals surface area contributed by atoms with Crippen LogP contribution < -0.4 is 0 Å². The SMILES string of the molecule is Brc1cnc(-c2cn[nH]c2)nc1. The highest BCUT2D eigenvalue weighted by Gasteiger charge is 2.00. The molecule has 0 aliphatic carbocycles. The van der Waals surface area contributed by atoms with Crippen molar-refractivity contribution in [2.24, 2.45) is 0 Å². The van der Waals surface area contributed by atoms with Crippen molar-refractivity contribution in [1.29, 1.82) is 0 Å². The molecular formula is C7H5BrN4. The van der Waals surface area contributed by atoms with Crippen LogP contribution in [0, 0.1) is 0 Å². The van der Waals surface area contributed by atoms with Crippen molar-refractivity contribution in [2.75, 3.05) is 0 Å². The van der Waals surface area contributed by atoms with Crippen LogP contribution in [0.25, 0.3) is 11.4 Å². The fraction of sp³-hybridized carbons (Fsp3) is 0. The minimum atomic E-state index is 0.673. The molecule has 1 N–H and O–H groups in total. The van der Waals surface area contributed by atoms with E-state index in [1.165, 1.54) is 0 Å². The Hall–Kier alpha value is -1.23. The van der Waals surface area contributed by atoms with Crippen LogP contribution >= 0.6 is 15.9 Å². The molecule has 0 spiro atoms. The van der Waals surface area contributed by atoms with E-state index in [1.807, 2.05) is 0 Å². The largest absolute Gasteiger partial charge is 0.285 e. The molecule has 0 amide bonds. The van der Waals surface area contributed by atoms with E-state index in [4.69, 9.17) is 0 Å². The third-order valence-corrected chi connectivity index (χ3v) is 1.79. The first-order valence-corrected chi connectivity index (χ1v) is 4.12. The smallest absolute Gasteiger partial charge is 0.162 e. The fourth-order valence-electron chi connectivity index (χ4n) is 0.835. The first kappa shape index (κ1) is 7.42. The molecule has 0 aliphatic rings. The third kappa shape index (κ3) is 1.35. The Morgan fingerprint density at radius 2 is 1.92 bits per heavy atom. The summed E-state index contributed by atoms with van der Waals surface area (Å²) in [7, 11) is 0. The Morgan fingerprint density at radius 3 is 2.50 bits per heavy atom. The van der Waals surface area contributed by atoms with Crippen LogP contribution in [0.2, 0.25) is 0 Å². The van der Waals surface area contributed by atoms with Gasteiger partial charge in [0.15, 0.2) is 5.82 Å². The van der Waals surface area contributed by atoms with Gasteiger partial charge in [-0.25, -0.2) is 9.97 Å². The van der Waals surface area contributed by atoms with Crippen LogP contribution in [0.1, 0.15) is 0 Å². The Bertz CT molecular complexity index is 353. The van der Waals surface area contributed by atoms with Gasteiger partial charge in [0.1, 0.15) is 0 Å². The van der Waals surface area contributed by atoms with Crippen molar-refractivity contribution in [1.82, 2.24) is 20.2 Å². The lowest BCUT2D eigenvalue weighted by Gasteiger charge is -1.93. The van der Waals surface area contributed by atoms with E-state index < -0.39 is 0 Å². The molecule has 0 aliphatic heterocycles. The predicted octanol–water partition coefficient (Wildman–Crippen LogP) is 1.63. The van der Waals surface area contributed by atoms with Gasteiger partial charge in [0, 0.05) is 18.6 Å². The first-order chi connectivity index (χ1) is 5.86. The summed E-state index contributed by atoms with van der Waals surface area (Å²) in [6.45, 7) is 0. The molecule has 60 valence electrons. The number of nitrogens with zero attached hydrogens (tertiary/aromatic N) is 3. The third-order valence-electron chi connectivity index (χ3n) is 1.38. The highest BCUT2D eigenvalue weighted by Crippen LogP contribution is 2.13. The molecule has 2 rings (SSSR count). The van der Waals surface area contributed by atoms with Gasteiger partial charge < -0.3 is 0 Å². The number of aromatic amines is 1. The van der Waals surface area contributed by atoms with Crippen LogP contribution in [0.15, 0.2) is 29.3 Å². The summed E-state index contributed by atoms with van der Waals surface area (Å²) in [4.78, 5) is 8.21. The van der Waals surface area contributed by atoms with Gasteiger partial charge in [-0.1, -0.05) is 0 Å². The average Bonchev–Trinajstić information content (AvgIpc) is 2.58. The van der Waals surface area contributed by atoms with Crippen LogP contribution in [0.5, 0.6) is 0 Å². The molecule has 5 heteroatoms. The van der Waals surface area contributed by atoms with Crippen LogP contribution in [0.3, 0.4) is 0 Å². The van der Waals surface area contributed by atoms with Gasteiger partial charge in [-0.2, -0.15) is 5.10 Å².